The molecule has 96 valence electrons. The van der Waals surface area contributed by atoms with Crippen molar-refractivity contribution in [2.24, 2.45) is 5.73 Å². The molecule has 1 aromatic heterocycles. The average molecular weight is 266 g/mol. The van der Waals surface area contributed by atoms with Crippen LogP contribution in [0.4, 0.5) is 5.13 Å². The third-order valence-electron chi connectivity index (χ3n) is 3.20. The fourth-order valence-corrected chi connectivity index (χ4v) is 3.52. The van der Waals surface area contributed by atoms with Gasteiger partial charge in [0.15, 0.2) is 5.13 Å². The van der Waals surface area contributed by atoms with Gasteiger partial charge in [-0.25, -0.2) is 4.98 Å². The smallest absolute Gasteiger partial charge is 0.246 e. The Hall–Kier alpha value is -1.47. The van der Waals surface area contributed by atoms with Crippen molar-refractivity contribution >= 4 is 28.3 Å². The maximum absolute atomic E-state index is 11.3. The molecule has 3 rings (SSSR count). The van der Waals surface area contributed by atoms with Gasteiger partial charge in [-0.2, -0.15) is 0 Å². The molecule has 2 amide bonds. The van der Waals surface area contributed by atoms with Gasteiger partial charge in [0.1, 0.15) is 13.1 Å². The molecule has 18 heavy (non-hydrogen) atoms. The highest BCUT2D eigenvalue weighted by atomic mass is 32.1. The predicted molar refractivity (Wildman–Crippen MR) is 67.3 cm³/mol. The number of carbonyl (C=O) groups excluding carboxylic acids is 2. The molecule has 7 heteroatoms. The van der Waals surface area contributed by atoms with Crippen molar-refractivity contribution in [2.45, 2.75) is 25.3 Å². The minimum Gasteiger partial charge on any atom is -0.329 e. The van der Waals surface area contributed by atoms with E-state index in [1.165, 1.54) is 4.88 Å². The Morgan fingerprint density at radius 3 is 2.72 bits per heavy atom. The number of hydrogen-bond acceptors (Lipinski definition) is 6. The molecule has 1 saturated heterocycles. The monoisotopic (exact) mass is 266 g/mol. The van der Waals surface area contributed by atoms with Crippen LogP contribution in [0.2, 0.25) is 0 Å². The van der Waals surface area contributed by atoms with Crippen LogP contribution in [-0.2, 0) is 16.0 Å². The molecular weight excluding hydrogens is 252 g/mol. The predicted octanol–water partition coefficient (Wildman–Crippen LogP) is -0.0580. The summed E-state index contributed by atoms with van der Waals surface area (Å²) in [7, 11) is 0. The van der Waals surface area contributed by atoms with E-state index >= 15 is 0 Å². The van der Waals surface area contributed by atoms with Crippen LogP contribution in [0, 0.1) is 0 Å². The summed E-state index contributed by atoms with van der Waals surface area (Å²) in [6, 6.07) is -0.00642. The van der Waals surface area contributed by atoms with Crippen LogP contribution in [-0.4, -0.2) is 29.9 Å². The van der Waals surface area contributed by atoms with Crippen molar-refractivity contribution in [3.63, 3.8) is 0 Å². The molecule has 2 aliphatic rings. The van der Waals surface area contributed by atoms with Gasteiger partial charge >= 0.3 is 0 Å². The summed E-state index contributed by atoms with van der Waals surface area (Å²) in [6.07, 6.45) is 3.03. The van der Waals surface area contributed by atoms with Gasteiger partial charge in [-0.15, -0.1) is 11.3 Å². The van der Waals surface area contributed by atoms with Crippen LogP contribution in [0.3, 0.4) is 0 Å². The molecule has 1 aromatic rings. The number of rotatable bonds is 1. The molecule has 6 nitrogen and oxygen atoms in total. The van der Waals surface area contributed by atoms with Crippen LogP contribution in [0.1, 0.15) is 29.5 Å². The lowest BCUT2D eigenvalue weighted by atomic mass is 9.99. The molecule has 0 spiro atoms. The number of carbonyl (C=O) groups is 2. The topological polar surface area (TPSA) is 88.3 Å². The summed E-state index contributed by atoms with van der Waals surface area (Å²) in [5.74, 6) is -0.549. The minimum absolute atomic E-state index is 0.00642. The minimum atomic E-state index is -0.274. The van der Waals surface area contributed by atoms with Gasteiger partial charge in [-0.05, 0) is 19.3 Å². The Morgan fingerprint density at radius 1 is 1.33 bits per heavy atom. The van der Waals surface area contributed by atoms with E-state index in [4.69, 9.17) is 5.73 Å². The van der Waals surface area contributed by atoms with Gasteiger partial charge in [0.2, 0.25) is 11.8 Å². The van der Waals surface area contributed by atoms with Crippen molar-refractivity contribution < 1.29 is 9.59 Å². The van der Waals surface area contributed by atoms with Gasteiger partial charge < -0.3 is 10.6 Å². The molecule has 1 aliphatic carbocycles. The van der Waals surface area contributed by atoms with E-state index < -0.39 is 0 Å². The Balaban J connectivity index is 1.88. The lowest BCUT2D eigenvalue weighted by molar-refractivity contribution is -0.130. The second kappa shape index (κ2) is 4.33. The van der Waals surface area contributed by atoms with Crippen molar-refractivity contribution in [1.82, 2.24) is 10.3 Å². The molecule has 1 atom stereocenters. The summed E-state index contributed by atoms with van der Waals surface area (Å²) < 4.78 is 0. The fraction of sp³-hybridized carbons (Fsp3) is 0.545. The zero-order valence-electron chi connectivity index (χ0n) is 9.81. The molecule has 0 saturated carbocycles. The van der Waals surface area contributed by atoms with Gasteiger partial charge in [0.05, 0.1) is 5.69 Å². The van der Waals surface area contributed by atoms with E-state index in [2.05, 4.69) is 10.3 Å². The third kappa shape index (κ3) is 1.99. The summed E-state index contributed by atoms with van der Waals surface area (Å²) in [6.45, 7) is 0.376. The number of nitrogens with two attached hydrogens (primary N) is 1. The number of nitrogens with one attached hydrogen (secondary N) is 1. The number of amides is 2. The Bertz CT molecular complexity index is 497. The summed E-state index contributed by atoms with van der Waals surface area (Å²) in [5, 5.41) is 3.02. The standard InChI is InChI=1S/C11H14N4O2S/c12-6-2-1-3-7-10(6)14-11(18-7)15-4-8(16)13-9(17)5-15/h6H,1-5,12H2,(H,13,16,17). The van der Waals surface area contributed by atoms with Crippen molar-refractivity contribution in [3.05, 3.63) is 10.6 Å². The first-order chi connectivity index (χ1) is 8.63. The SMILES string of the molecule is NC1CCCc2sc(N3CC(=O)NC(=O)C3)nc21. The zero-order valence-corrected chi connectivity index (χ0v) is 10.6. The molecular formula is C11H14N4O2S. The van der Waals surface area contributed by atoms with Crippen molar-refractivity contribution in [1.29, 1.82) is 0 Å². The maximum atomic E-state index is 11.3. The lowest BCUT2D eigenvalue weighted by Crippen LogP contribution is -2.51. The largest absolute Gasteiger partial charge is 0.329 e. The van der Waals surface area contributed by atoms with Crippen LogP contribution in [0.25, 0.3) is 0 Å². The first-order valence-corrected chi connectivity index (χ1v) is 6.78. The normalized spacial score (nSPS) is 23.8. The van der Waals surface area contributed by atoms with Gasteiger partial charge in [-0.3, -0.25) is 14.9 Å². The van der Waals surface area contributed by atoms with E-state index in [1.807, 2.05) is 0 Å². The third-order valence-corrected chi connectivity index (χ3v) is 4.40. The number of anilines is 1. The van der Waals surface area contributed by atoms with E-state index in [-0.39, 0.29) is 30.9 Å². The van der Waals surface area contributed by atoms with Gasteiger partial charge in [0, 0.05) is 10.9 Å². The number of aryl methyl sites for hydroxylation is 1. The van der Waals surface area contributed by atoms with Gasteiger partial charge in [-0.1, -0.05) is 0 Å². The molecule has 0 bridgehead atoms. The van der Waals surface area contributed by atoms with Crippen LogP contribution >= 0.6 is 11.3 Å². The van der Waals surface area contributed by atoms with Crippen LogP contribution in [0.15, 0.2) is 0 Å². The highest BCUT2D eigenvalue weighted by Gasteiger charge is 2.28. The number of aromatic nitrogens is 1. The lowest BCUT2D eigenvalue weighted by Gasteiger charge is -2.24. The quantitative estimate of drug-likeness (QED) is 0.695. The summed E-state index contributed by atoms with van der Waals surface area (Å²) in [5.41, 5.74) is 6.97. The van der Waals surface area contributed by atoms with Gasteiger partial charge in [0.25, 0.3) is 0 Å². The molecule has 3 N–H and O–H groups in total. The molecule has 2 heterocycles. The number of nitrogens with zero attached hydrogens (tertiary/aromatic N) is 2. The molecule has 1 aliphatic heterocycles. The molecule has 0 aromatic carbocycles. The zero-order chi connectivity index (χ0) is 12.7. The van der Waals surface area contributed by atoms with Crippen molar-refractivity contribution in [3.8, 4) is 0 Å². The second-order valence-electron chi connectivity index (χ2n) is 4.63. The average Bonchev–Trinajstić information content (AvgIpc) is 2.73. The number of fused-ring (bicyclic) bond motifs is 1. The van der Waals surface area contributed by atoms with Crippen LogP contribution in [0.5, 0.6) is 0 Å². The fourth-order valence-electron chi connectivity index (χ4n) is 2.35. The maximum Gasteiger partial charge on any atom is 0.246 e. The Labute approximate surface area is 108 Å². The highest BCUT2D eigenvalue weighted by Crippen LogP contribution is 2.35. The van der Waals surface area contributed by atoms with E-state index in [0.717, 1.165) is 30.1 Å². The highest BCUT2D eigenvalue weighted by molar-refractivity contribution is 7.15. The molecule has 1 unspecified atom stereocenters. The van der Waals surface area contributed by atoms with E-state index in [0.29, 0.717) is 0 Å². The Kier molecular flexibility index (Phi) is 2.79. The summed E-state index contributed by atoms with van der Waals surface area (Å²) in [4.78, 5) is 30.1. The van der Waals surface area contributed by atoms with Crippen LogP contribution < -0.4 is 16.0 Å². The van der Waals surface area contributed by atoms with E-state index in [1.54, 1.807) is 16.2 Å². The van der Waals surface area contributed by atoms with Crippen molar-refractivity contribution in [2.75, 3.05) is 18.0 Å². The number of piperazine rings is 1. The summed E-state index contributed by atoms with van der Waals surface area (Å²) >= 11 is 1.55. The second-order valence-corrected chi connectivity index (χ2v) is 5.69. The van der Waals surface area contributed by atoms with E-state index in [9.17, 15) is 9.59 Å². The molecule has 0 radical (unpaired) electrons. The Morgan fingerprint density at radius 2 is 2.06 bits per heavy atom. The number of thiazole rings is 1. The molecule has 1 fully saturated rings. The first-order valence-electron chi connectivity index (χ1n) is 5.96. The first kappa shape index (κ1) is 11.6. The number of imide groups is 1. The number of hydrogen-bond donors (Lipinski definition) is 2.